The summed E-state index contributed by atoms with van der Waals surface area (Å²) in [5.74, 6) is 3.87. The fraction of sp³-hybridized carbons (Fsp3) is 0.385. The number of ether oxygens (including phenoxy) is 1. The summed E-state index contributed by atoms with van der Waals surface area (Å²) in [6.07, 6.45) is 0. The summed E-state index contributed by atoms with van der Waals surface area (Å²) in [5, 5.41) is 2.36. The lowest BCUT2D eigenvalue weighted by atomic mass is 10.2. The van der Waals surface area contributed by atoms with E-state index in [-0.39, 0.29) is 17.0 Å². The van der Waals surface area contributed by atoms with Crippen LogP contribution < -0.4 is 16.6 Å². The molecular weight excluding hydrogens is 324 g/mol. The molecule has 126 valence electrons. The van der Waals surface area contributed by atoms with Crippen molar-refractivity contribution in [3.63, 3.8) is 0 Å². The molecule has 4 N–H and O–H groups in total. The summed E-state index contributed by atoms with van der Waals surface area (Å²) in [7, 11) is -3.59. The van der Waals surface area contributed by atoms with Gasteiger partial charge in [-0.2, -0.15) is 4.31 Å². The van der Waals surface area contributed by atoms with Gasteiger partial charge in [-0.15, -0.1) is 0 Å². The van der Waals surface area contributed by atoms with Gasteiger partial charge in [-0.3, -0.25) is 15.0 Å². The molecule has 1 aliphatic heterocycles. The van der Waals surface area contributed by atoms with E-state index in [0.717, 1.165) is 0 Å². The summed E-state index contributed by atoms with van der Waals surface area (Å²) in [4.78, 5) is 22.9. The Morgan fingerprint density at radius 2 is 1.78 bits per heavy atom. The van der Waals surface area contributed by atoms with Crippen LogP contribution in [0.2, 0.25) is 0 Å². The highest BCUT2D eigenvalue weighted by atomic mass is 32.2. The minimum absolute atomic E-state index is 0.107. The van der Waals surface area contributed by atoms with Crippen molar-refractivity contribution in [1.82, 2.24) is 15.0 Å². The van der Waals surface area contributed by atoms with E-state index >= 15 is 0 Å². The Balaban J connectivity index is 2.06. The van der Waals surface area contributed by atoms with Gasteiger partial charge in [-0.05, 0) is 24.3 Å². The average Bonchev–Trinajstić information content (AvgIpc) is 2.60. The molecule has 9 nitrogen and oxygen atoms in total. The number of amides is 2. The van der Waals surface area contributed by atoms with E-state index in [9.17, 15) is 18.0 Å². The van der Waals surface area contributed by atoms with Gasteiger partial charge in [-0.25, -0.2) is 14.3 Å². The van der Waals surface area contributed by atoms with Crippen LogP contribution in [-0.4, -0.2) is 57.4 Å². The zero-order chi connectivity index (χ0) is 16.9. The van der Waals surface area contributed by atoms with Crippen LogP contribution in [0, 0.1) is 0 Å². The number of nitrogens with one attached hydrogen (secondary N) is 2. The molecule has 0 aromatic heterocycles. The zero-order valence-corrected chi connectivity index (χ0v) is 13.1. The lowest BCUT2D eigenvalue weighted by molar-refractivity contribution is -0.120. The van der Waals surface area contributed by atoms with Crippen LogP contribution in [-0.2, 0) is 19.6 Å². The maximum atomic E-state index is 12.4. The first-order valence-electron chi connectivity index (χ1n) is 6.91. The largest absolute Gasteiger partial charge is 0.379 e. The van der Waals surface area contributed by atoms with Gasteiger partial charge in [0.25, 0.3) is 11.8 Å². The first-order chi connectivity index (χ1) is 10.9. The van der Waals surface area contributed by atoms with E-state index in [1.54, 1.807) is 0 Å². The van der Waals surface area contributed by atoms with Gasteiger partial charge < -0.3 is 10.1 Å². The maximum Gasteiger partial charge on any atom is 0.253 e. The lowest BCUT2D eigenvalue weighted by Crippen LogP contribution is -2.40. The number of carbonyl (C=O) groups is 2. The number of carbonyl (C=O) groups excluding carboxylic acids is 2. The lowest BCUT2D eigenvalue weighted by Gasteiger charge is -2.26. The number of hydrogen-bond acceptors (Lipinski definition) is 6. The van der Waals surface area contributed by atoms with E-state index in [2.05, 4.69) is 5.32 Å². The van der Waals surface area contributed by atoms with Crippen LogP contribution in [0.1, 0.15) is 10.4 Å². The second kappa shape index (κ2) is 7.51. The third-order valence-electron chi connectivity index (χ3n) is 3.29. The molecule has 1 heterocycles. The second-order valence-corrected chi connectivity index (χ2v) is 6.73. The molecule has 1 fully saturated rings. The minimum Gasteiger partial charge on any atom is -0.379 e. The van der Waals surface area contributed by atoms with Gasteiger partial charge >= 0.3 is 0 Å². The molecule has 0 saturated carbocycles. The molecule has 0 aliphatic carbocycles. The highest BCUT2D eigenvalue weighted by molar-refractivity contribution is 7.89. The Morgan fingerprint density at radius 3 is 2.35 bits per heavy atom. The van der Waals surface area contributed by atoms with Gasteiger partial charge in [0.2, 0.25) is 10.0 Å². The van der Waals surface area contributed by atoms with Gasteiger partial charge in [0.05, 0.1) is 24.7 Å². The molecule has 1 aromatic rings. The summed E-state index contributed by atoms with van der Waals surface area (Å²) in [5.41, 5.74) is 2.13. The molecule has 1 saturated heterocycles. The monoisotopic (exact) mass is 342 g/mol. The summed E-state index contributed by atoms with van der Waals surface area (Å²) >= 11 is 0. The van der Waals surface area contributed by atoms with E-state index in [0.29, 0.717) is 26.3 Å². The van der Waals surface area contributed by atoms with Crippen molar-refractivity contribution in [3.05, 3.63) is 29.8 Å². The average molecular weight is 342 g/mol. The topological polar surface area (TPSA) is 131 Å². The molecule has 0 radical (unpaired) electrons. The van der Waals surface area contributed by atoms with Crippen molar-refractivity contribution in [3.8, 4) is 0 Å². The van der Waals surface area contributed by atoms with Crippen LogP contribution in [0.15, 0.2) is 29.2 Å². The maximum absolute atomic E-state index is 12.4. The normalized spacial score (nSPS) is 15.9. The molecule has 0 atom stereocenters. The minimum atomic E-state index is -3.59. The van der Waals surface area contributed by atoms with Gasteiger partial charge in [0.1, 0.15) is 0 Å². The molecule has 1 aromatic carbocycles. The Morgan fingerprint density at radius 1 is 1.17 bits per heavy atom. The highest BCUT2D eigenvalue weighted by Gasteiger charge is 2.26. The summed E-state index contributed by atoms with van der Waals surface area (Å²) in [6, 6.07) is 5.51. The third kappa shape index (κ3) is 4.26. The Labute approximate surface area is 133 Å². The standard InChI is InChI=1S/C13H18N4O5S/c14-16-12(18)9-15-13(19)10-1-3-11(4-2-10)23(20,21)17-5-7-22-8-6-17/h1-4H,5-9,14H2,(H,15,19)(H,16,18). The van der Waals surface area contributed by atoms with Crippen LogP contribution in [0.25, 0.3) is 0 Å². The molecule has 0 bridgehead atoms. The molecule has 23 heavy (non-hydrogen) atoms. The predicted molar refractivity (Wildman–Crippen MR) is 80.7 cm³/mol. The van der Waals surface area contributed by atoms with E-state index < -0.39 is 21.8 Å². The number of rotatable bonds is 5. The molecule has 0 unspecified atom stereocenters. The number of hydrogen-bond donors (Lipinski definition) is 3. The molecule has 10 heteroatoms. The highest BCUT2D eigenvalue weighted by Crippen LogP contribution is 2.17. The van der Waals surface area contributed by atoms with Crippen molar-refractivity contribution in [2.24, 2.45) is 5.84 Å². The molecular formula is C13H18N4O5S. The van der Waals surface area contributed by atoms with Crippen molar-refractivity contribution in [2.75, 3.05) is 32.8 Å². The second-order valence-electron chi connectivity index (χ2n) is 4.79. The molecule has 2 amide bonds. The van der Waals surface area contributed by atoms with E-state index in [1.165, 1.54) is 28.6 Å². The fourth-order valence-corrected chi connectivity index (χ4v) is 3.44. The van der Waals surface area contributed by atoms with E-state index in [1.807, 2.05) is 5.43 Å². The number of nitrogens with zero attached hydrogens (tertiary/aromatic N) is 1. The summed E-state index contributed by atoms with van der Waals surface area (Å²) < 4.78 is 31.3. The SMILES string of the molecule is NNC(=O)CNC(=O)c1ccc(S(=O)(=O)N2CCOCC2)cc1. The Hall–Kier alpha value is -2.01. The van der Waals surface area contributed by atoms with Crippen LogP contribution in [0.5, 0.6) is 0 Å². The van der Waals surface area contributed by atoms with Gasteiger partial charge in [-0.1, -0.05) is 0 Å². The van der Waals surface area contributed by atoms with E-state index in [4.69, 9.17) is 10.6 Å². The fourth-order valence-electron chi connectivity index (χ4n) is 2.03. The quantitative estimate of drug-likeness (QED) is 0.336. The number of hydrazine groups is 1. The van der Waals surface area contributed by atoms with Crippen molar-refractivity contribution < 1.29 is 22.7 Å². The molecule has 0 spiro atoms. The summed E-state index contributed by atoms with van der Waals surface area (Å²) in [6.45, 7) is 1.08. The van der Waals surface area contributed by atoms with Crippen LogP contribution >= 0.6 is 0 Å². The van der Waals surface area contributed by atoms with Crippen molar-refractivity contribution in [2.45, 2.75) is 4.90 Å². The Kier molecular flexibility index (Phi) is 5.66. The van der Waals surface area contributed by atoms with Gasteiger partial charge in [0.15, 0.2) is 0 Å². The first-order valence-corrected chi connectivity index (χ1v) is 8.35. The van der Waals surface area contributed by atoms with Crippen LogP contribution in [0.3, 0.4) is 0 Å². The third-order valence-corrected chi connectivity index (χ3v) is 5.21. The number of sulfonamides is 1. The predicted octanol–water partition coefficient (Wildman–Crippen LogP) is -1.57. The van der Waals surface area contributed by atoms with Crippen molar-refractivity contribution in [1.29, 1.82) is 0 Å². The molecule has 2 rings (SSSR count). The van der Waals surface area contributed by atoms with Crippen molar-refractivity contribution >= 4 is 21.8 Å². The number of morpholine rings is 1. The Bertz CT molecular complexity index is 668. The van der Waals surface area contributed by atoms with Gasteiger partial charge in [0, 0.05) is 18.7 Å². The zero-order valence-electron chi connectivity index (χ0n) is 12.3. The smallest absolute Gasteiger partial charge is 0.253 e. The van der Waals surface area contributed by atoms with Crippen LogP contribution in [0.4, 0.5) is 0 Å². The number of benzene rings is 1. The first kappa shape index (κ1) is 17.3. The number of nitrogens with two attached hydrogens (primary N) is 1. The molecule has 1 aliphatic rings.